The number of likely N-dealkylation sites (tertiary alicyclic amines) is 1. The number of hydrogen-bond donors (Lipinski definition) is 0. The third kappa shape index (κ3) is 3.84. The normalized spacial score (nSPS) is 27.6. The van der Waals surface area contributed by atoms with Crippen LogP contribution in [0.15, 0.2) is 30.3 Å². The molecule has 28 heavy (non-hydrogen) atoms. The number of rotatable bonds is 5. The molecule has 0 aliphatic carbocycles. The smallest absolute Gasteiger partial charge is 0.282 e. The Morgan fingerprint density at radius 1 is 0.857 bits per heavy atom. The molecule has 0 radical (unpaired) electrons. The quantitative estimate of drug-likeness (QED) is 0.755. The molecule has 154 valence electrons. The highest BCUT2D eigenvalue weighted by molar-refractivity contribution is 7.86. The van der Waals surface area contributed by atoms with Gasteiger partial charge in [0.05, 0.1) is 5.41 Å². The minimum absolute atomic E-state index is 0.150. The molecule has 0 N–H and O–H groups in total. The van der Waals surface area contributed by atoms with Crippen molar-refractivity contribution in [3.05, 3.63) is 35.9 Å². The predicted octanol–water partition coefficient (Wildman–Crippen LogP) is 2.27. The van der Waals surface area contributed by atoms with Crippen LogP contribution in [0, 0.1) is 5.41 Å². The van der Waals surface area contributed by atoms with Crippen LogP contribution in [-0.4, -0.2) is 67.1 Å². The molecule has 3 aliphatic rings. The van der Waals surface area contributed by atoms with Gasteiger partial charge in [0.1, 0.15) is 0 Å². The van der Waals surface area contributed by atoms with Gasteiger partial charge in [-0.05, 0) is 37.7 Å². The first-order valence-electron chi connectivity index (χ1n) is 10.6. The maximum absolute atomic E-state index is 13.1. The van der Waals surface area contributed by atoms with E-state index >= 15 is 0 Å². The number of benzene rings is 1. The summed E-state index contributed by atoms with van der Waals surface area (Å²) in [4.78, 5) is 15.1. The van der Waals surface area contributed by atoms with Crippen LogP contribution in [0.5, 0.6) is 0 Å². The molecular formula is C21H31N3O3S. The Hall–Kier alpha value is -1.44. The lowest BCUT2D eigenvalue weighted by Gasteiger charge is -2.28. The molecule has 1 aromatic carbocycles. The maximum atomic E-state index is 13.1. The number of carbonyl (C=O) groups excluding carboxylic acids is 1. The SMILES string of the molecule is O=C1N(CCc2ccccc2)CCC12CCN(S(=O)(=O)N1CCCCCC1)C2. The fourth-order valence-corrected chi connectivity index (χ4v) is 6.64. The van der Waals surface area contributed by atoms with Gasteiger partial charge in [-0.2, -0.15) is 17.0 Å². The lowest BCUT2D eigenvalue weighted by molar-refractivity contribution is -0.135. The minimum atomic E-state index is -3.45. The van der Waals surface area contributed by atoms with E-state index in [2.05, 4.69) is 12.1 Å². The van der Waals surface area contributed by atoms with Crippen LogP contribution in [0.1, 0.15) is 44.1 Å². The zero-order valence-electron chi connectivity index (χ0n) is 16.6. The van der Waals surface area contributed by atoms with Gasteiger partial charge in [0, 0.05) is 39.3 Å². The van der Waals surface area contributed by atoms with E-state index in [1.54, 1.807) is 8.61 Å². The third-order valence-corrected chi connectivity index (χ3v) is 8.63. The van der Waals surface area contributed by atoms with E-state index in [0.29, 0.717) is 39.1 Å². The summed E-state index contributed by atoms with van der Waals surface area (Å²) in [6.07, 6.45) is 6.34. The van der Waals surface area contributed by atoms with E-state index in [1.807, 2.05) is 23.1 Å². The number of amides is 1. The number of nitrogens with zero attached hydrogens (tertiary/aromatic N) is 3. The molecule has 1 atom stereocenters. The molecule has 1 unspecified atom stereocenters. The van der Waals surface area contributed by atoms with E-state index in [4.69, 9.17) is 0 Å². The van der Waals surface area contributed by atoms with Crippen molar-refractivity contribution in [3.63, 3.8) is 0 Å². The first kappa shape index (κ1) is 19.9. The molecule has 3 saturated heterocycles. The van der Waals surface area contributed by atoms with Crippen LogP contribution < -0.4 is 0 Å². The molecule has 4 rings (SSSR count). The van der Waals surface area contributed by atoms with E-state index in [-0.39, 0.29) is 5.91 Å². The highest BCUT2D eigenvalue weighted by Crippen LogP contribution is 2.42. The van der Waals surface area contributed by atoms with Crippen LogP contribution in [0.2, 0.25) is 0 Å². The van der Waals surface area contributed by atoms with Crippen molar-refractivity contribution in [2.45, 2.75) is 44.9 Å². The van der Waals surface area contributed by atoms with Crippen molar-refractivity contribution in [2.24, 2.45) is 5.41 Å². The van der Waals surface area contributed by atoms with Gasteiger partial charge in [-0.15, -0.1) is 0 Å². The zero-order chi connectivity index (χ0) is 19.6. The molecule has 3 heterocycles. The second-order valence-corrected chi connectivity index (χ2v) is 10.4. The van der Waals surface area contributed by atoms with E-state index in [0.717, 1.165) is 45.1 Å². The van der Waals surface area contributed by atoms with Crippen LogP contribution in [-0.2, 0) is 21.4 Å². The fourth-order valence-electron chi connectivity index (χ4n) is 4.86. The van der Waals surface area contributed by atoms with Gasteiger partial charge in [0.25, 0.3) is 10.2 Å². The Morgan fingerprint density at radius 3 is 2.25 bits per heavy atom. The summed E-state index contributed by atoms with van der Waals surface area (Å²) in [5.74, 6) is 0.150. The molecule has 0 aromatic heterocycles. The zero-order valence-corrected chi connectivity index (χ0v) is 17.4. The maximum Gasteiger partial charge on any atom is 0.282 e. The summed E-state index contributed by atoms with van der Waals surface area (Å²) in [7, 11) is -3.45. The first-order valence-corrected chi connectivity index (χ1v) is 12.0. The van der Waals surface area contributed by atoms with Crippen molar-refractivity contribution < 1.29 is 13.2 Å². The van der Waals surface area contributed by atoms with Gasteiger partial charge in [0.2, 0.25) is 5.91 Å². The van der Waals surface area contributed by atoms with Crippen LogP contribution in [0.25, 0.3) is 0 Å². The van der Waals surface area contributed by atoms with Crippen LogP contribution in [0.4, 0.5) is 0 Å². The molecular weight excluding hydrogens is 374 g/mol. The number of hydrogen-bond acceptors (Lipinski definition) is 3. The molecule has 1 spiro atoms. The average Bonchev–Trinajstić information content (AvgIpc) is 3.14. The third-order valence-electron chi connectivity index (χ3n) is 6.65. The van der Waals surface area contributed by atoms with Gasteiger partial charge < -0.3 is 4.90 Å². The largest absolute Gasteiger partial charge is 0.342 e. The Balaban J connectivity index is 1.39. The highest BCUT2D eigenvalue weighted by atomic mass is 32.2. The topological polar surface area (TPSA) is 60.9 Å². The Bertz CT molecular complexity index is 790. The Morgan fingerprint density at radius 2 is 1.54 bits per heavy atom. The summed E-state index contributed by atoms with van der Waals surface area (Å²) in [6, 6.07) is 10.2. The fraction of sp³-hybridized carbons (Fsp3) is 0.667. The minimum Gasteiger partial charge on any atom is -0.342 e. The van der Waals surface area contributed by atoms with Crippen LogP contribution in [0.3, 0.4) is 0 Å². The Labute approximate surface area is 168 Å². The molecule has 0 bridgehead atoms. The lowest BCUT2D eigenvalue weighted by Crippen LogP contribution is -2.45. The molecule has 3 fully saturated rings. The predicted molar refractivity (Wildman–Crippen MR) is 109 cm³/mol. The molecule has 3 aliphatic heterocycles. The van der Waals surface area contributed by atoms with Gasteiger partial charge >= 0.3 is 0 Å². The van der Waals surface area contributed by atoms with Crippen molar-refractivity contribution in [3.8, 4) is 0 Å². The van der Waals surface area contributed by atoms with E-state index < -0.39 is 15.6 Å². The van der Waals surface area contributed by atoms with Gasteiger partial charge in [-0.1, -0.05) is 43.2 Å². The van der Waals surface area contributed by atoms with Gasteiger partial charge in [-0.3, -0.25) is 4.79 Å². The summed E-state index contributed by atoms with van der Waals surface area (Å²) >= 11 is 0. The van der Waals surface area contributed by atoms with Crippen molar-refractivity contribution in [1.82, 2.24) is 13.5 Å². The Kier molecular flexibility index (Phi) is 5.76. The molecule has 1 aromatic rings. The molecule has 1 amide bonds. The summed E-state index contributed by atoms with van der Waals surface area (Å²) in [5, 5.41) is 0. The summed E-state index contributed by atoms with van der Waals surface area (Å²) in [6.45, 7) is 3.50. The first-order chi connectivity index (χ1) is 13.5. The summed E-state index contributed by atoms with van der Waals surface area (Å²) in [5.41, 5.74) is 0.725. The van der Waals surface area contributed by atoms with Crippen LogP contribution >= 0.6 is 0 Å². The number of carbonyl (C=O) groups is 1. The monoisotopic (exact) mass is 405 g/mol. The molecule has 0 saturated carbocycles. The summed E-state index contributed by atoms with van der Waals surface area (Å²) < 4.78 is 29.4. The van der Waals surface area contributed by atoms with Crippen molar-refractivity contribution in [2.75, 3.05) is 39.3 Å². The van der Waals surface area contributed by atoms with Gasteiger partial charge in [-0.25, -0.2) is 0 Å². The standard InChI is InChI=1S/C21H31N3O3S/c25-20-21(11-16-22(20)15-10-19-8-4-3-5-9-19)12-17-24(18-21)28(26,27)23-13-6-1-2-7-14-23/h3-5,8-9H,1-2,6-7,10-18H2. The average molecular weight is 406 g/mol. The van der Waals surface area contributed by atoms with Crippen molar-refractivity contribution >= 4 is 16.1 Å². The lowest BCUT2D eigenvalue weighted by atomic mass is 9.86. The van der Waals surface area contributed by atoms with Gasteiger partial charge in [0.15, 0.2) is 0 Å². The highest BCUT2D eigenvalue weighted by Gasteiger charge is 2.53. The van der Waals surface area contributed by atoms with E-state index in [1.165, 1.54) is 5.56 Å². The van der Waals surface area contributed by atoms with E-state index in [9.17, 15) is 13.2 Å². The second kappa shape index (κ2) is 8.13. The second-order valence-electron chi connectivity index (χ2n) is 8.46. The molecule has 7 heteroatoms. The van der Waals surface area contributed by atoms with Crippen molar-refractivity contribution in [1.29, 1.82) is 0 Å². The molecule has 6 nitrogen and oxygen atoms in total.